The quantitative estimate of drug-likeness (QED) is 0.798. The molecule has 2 fully saturated rings. The van der Waals surface area contributed by atoms with Gasteiger partial charge in [-0.1, -0.05) is 11.6 Å². The molecule has 7 heteroatoms. The van der Waals surface area contributed by atoms with Crippen LogP contribution >= 0.6 is 11.6 Å². The second-order valence-electron chi connectivity index (χ2n) is 6.57. The minimum absolute atomic E-state index is 0.000732. The predicted octanol–water partition coefficient (Wildman–Crippen LogP) is 3.04. The summed E-state index contributed by atoms with van der Waals surface area (Å²) < 4.78 is 30.4. The van der Waals surface area contributed by atoms with Gasteiger partial charge in [-0.3, -0.25) is 4.79 Å². The molecule has 2 heterocycles. The van der Waals surface area contributed by atoms with Crippen molar-refractivity contribution in [1.29, 1.82) is 0 Å². The van der Waals surface area contributed by atoms with Gasteiger partial charge in [0.1, 0.15) is 24.3 Å². The molecular weight excluding hydrogens is 349 g/mol. The molecule has 2 atom stereocenters. The van der Waals surface area contributed by atoms with Gasteiger partial charge in [-0.2, -0.15) is 0 Å². The lowest BCUT2D eigenvalue weighted by atomic mass is 9.89. The number of benzene rings is 1. The highest BCUT2D eigenvalue weighted by molar-refractivity contribution is 6.30. The minimum Gasteiger partial charge on any atom is -0.488 e. The zero-order valence-electron chi connectivity index (χ0n) is 14.3. The normalized spacial score (nSPS) is 26.2. The van der Waals surface area contributed by atoms with Gasteiger partial charge in [0, 0.05) is 32.2 Å². The molecule has 0 aliphatic carbocycles. The Hall–Kier alpha value is -1.37. The van der Waals surface area contributed by atoms with Crippen molar-refractivity contribution in [2.75, 3.05) is 32.9 Å². The van der Waals surface area contributed by atoms with E-state index in [0.717, 1.165) is 19.4 Å². The van der Waals surface area contributed by atoms with Gasteiger partial charge in [-0.15, -0.1) is 0 Å². The first kappa shape index (κ1) is 18.4. The maximum atomic E-state index is 13.2. The van der Waals surface area contributed by atoms with Crippen molar-refractivity contribution in [2.24, 2.45) is 0 Å². The molecule has 25 heavy (non-hydrogen) atoms. The lowest BCUT2D eigenvalue weighted by Crippen LogP contribution is -2.51. The molecule has 2 aliphatic rings. The van der Waals surface area contributed by atoms with Gasteiger partial charge in [-0.05, 0) is 31.9 Å². The Bertz CT molecular complexity index is 629. The summed E-state index contributed by atoms with van der Waals surface area (Å²) in [5.74, 6) is 0.0558. The molecule has 138 valence electrons. The molecule has 0 aromatic heterocycles. The monoisotopic (exact) mass is 371 g/mol. The average Bonchev–Trinajstić information content (AvgIpc) is 2.98. The van der Waals surface area contributed by atoms with Gasteiger partial charge in [0.25, 0.3) is 0 Å². The van der Waals surface area contributed by atoms with Gasteiger partial charge in [0.05, 0.1) is 17.2 Å². The third-order valence-corrected chi connectivity index (χ3v) is 4.98. The third-order valence-electron chi connectivity index (χ3n) is 4.69. The number of rotatable bonds is 5. The van der Waals surface area contributed by atoms with Crippen LogP contribution in [-0.2, 0) is 14.3 Å². The van der Waals surface area contributed by atoms with Crippen LogP contribution in [0.15, 0.2) is 18.2 Å². The summed E-state index contributed by atoms with van der Waals surface area (Å²) in [6, 6.07) is 4.32. The van der Waals surface area contributed by atoms with Crippen LogP contribution in [0.4, 0.5) is 4.39 Å². The molecule has 0 bridgehead atoms. The maximum Gasteiger partial charge on any atom is 0.248 e. The van der Waals surface area contributed by atoms with Crippen molar-refractivity contribution in [3.8, 4) is 5.75 Å². The van der Waals surface area contributed by atoms with Crippen molar-refractivity contribution in [3.05, 3.63) is 29.0 Å². The molecule has 2 aliphatic heterocycles. The van der Waals surface area contributed by atoms with Crippen molar-refractivity contribution >= 4 is 17.5 Å². The summed E-state index contributed by atoms with van der Waals surface area (Å²) in [5, 5.41) is 0.0384. The van der Waals surface area contributed by atoms with Crippen LogP contribution in [0.25, 0.3) is 0 Å². The van der Waals surface area contributed by atoms with Crippen molar-refractivity contribution in [1.82, 2.24) is 4.90 Å². The molecular formula is C18H23ClFNO4. The summed E-state index contributed by atoms with van der Waals surface area (Å²) in [6.07, 6.45) is 2.35. The van der Waals surface area contributed by atoms with Crippen LogP contribution in [0.2, 0.25) is 5.02 Å². The lowest BCUT2D eigenvalue weighted by Gasteiger charge is -2.39. The molecule has 0 N–H and O–H groups in total. The Morgan fingerprint density at radius 2 is 2.36 bits per heavy atom. The zero-order valence-corrected chi connectivity index (χ0v) is 15.1. The topological polar surface area (TPSA) is 48.0 Å². The van der Waals surface area contributed by atoms with Gasteiger partial charge in [0.2, 0.25) is 5.91 Å². The minimum atomic E-state index is -0.469. The number of halogens is 2. The van der Waals surface area contributed by atoms with Crippen LogP contribution < -0.4 is 4.74 Å². The first-order valence-corrected chi connectivity index (χ1v) is 9.00. The Labute approximate surface area is 152 Å². The number of ether oxygens (including phenoxy) is 3. The molecule has 1 aromatic carbocycles. The highest BCUT2D eigenvalue weighted by Gasteiger charge is 2.45. The standard InChI is InChI=1S/C18H23ClFNO4/c1-2-23-11-17(22)21-7-3-6-18(12-21)9-14(10-24-18)25-13-4-5-16(20)15(19)8-13/h4-5,8,14H,2-3,6-7,9-12H2,1H3/t14-,18-/m1/s1. The van der Waals surface area contributed by atoms with Crippen molar-refractivity contribution in [2.45, 2.75) is 37.9 Å². The number of hydrogen-bond acceptors (Lipinski definition) is 4. The number of carbonyl (C=O) groups is 1. The predicted molar refractivity (Wildman–Crippen MR) is 91.4 cm³/mol. The lowest BCUT2D eigenvalue weighted by molar-refractivity contribution is -0.143. The molecule has 0 saturated carbocycles. The van der Waals surface area contributed by atoms with Crippen molar-refractivity contribution in [3.63, 3.8) is 0 Å². The largest absolute Gasteiger partial charge is 0.488 e. The second-order valence-corrected chi connectivity index (χ2v) is 6.98. The van der Waals surface area contributed by atoms with Gasteiger partial charge >= 0.3 is 0 Å². The Morgan fingerprint density at radius 1 is 1.52 bits per heavy atom. The van der Waals surface area contributed by atoms with Crippen LogP contribution in [0.5, 0.6) is 5.75 Å². The first-order valence-electron chi connectivity index (χ1n) is 8.62. The van der Waals surface area contributed by atoms with E-state index < -0.39 is 5.82 Å². The highest BCUT2D eigenvalue weighted by Crippen LogP contribution is 2.36. The van der Waals surface area contributed by atoms with E-state index in [1.165, 1.54) is 12.1 Å². The van der Waals surface area contributed by atoms with Crippen LogP contribution in [-0.4, -0.2) is 55.4 Å². The molecule has 1 amide bonds. The highest BCUT2D eigenvalue weighted by atomic mass is 35.5. The number of nitrogens with zero attached hydrogens (tertiary/aromatic N) is 1. The molecule has 3 rings (SSSR count). The summed E-state index contributed by atoms with van der Waals surface area (Å²) in [4.78, 5) is 14.0. The smallest absolute Gasteiger partial charge is 0.248 e. The molecule has 5 nitrogen and oxygen atoms in total. The van der Waals surface area contributed by atoms with E-state index in [1.807, 2.05) is 11.8 Å². The third kappa shape index (κ3) is 4.43. The van der Waals surface area contributed by atoms with Crippen LogP contribution in [0, 0.1) is 5.82 Å². The number of carbonyl (C=O) groups excluding carboxylic acids is 1. The molecule has 0 unspecified atom stereocenters. The number of likely N-dealkylation sites (tertiary alicyclic amines) is 1. The zero-order chi connectivity index (χ0) is 17.9. The van der Waals surface area contributed by atoms with Crippen molar-refractivity contribution < 1.29 is 23.4 Å². The fraction of sp³-hybridized carbons (Fsp3) is 0.611. The number of hydrogen-bond donors (Lipinski definition) is 0. The molecule has 1 aromatic rings. The average molecular weight is 372 g/mol. The number of amides is 1. The van der Waals surface area contributed by atoms with Crippen LogP contribution in [0.1, 0.15) is 26.2 Å². The summed E-state index contributed by atoms with van der Waals surface area (Å²) in [5.41, 5.74) is -0.366. The summed E-state index contributed by atoms with van der Waals surface area (Å²) in [6.45, 7) is 4.24. The molecule has 1 spiro atoms. The second kappa shape index (κ2) is 7.89. The van der Waals surface area contributed by atoms with Crippen LogP contribution in [0.3, 0.4) is 0 Å². The van der Waals surface area contributed by atoms with E-state index in [2.05, 4.69) is 0 Å². The van der Waals surface area contributed by atoms with E-state index in [0.29, 0.717) is 31.9 Å². The van der Waals surface area contributed by atoms with Gasteiger partial charge in [-0.25, -0.2) is 4.39 Å². The Kier molecular flexibility index (Phi) is 5.81. The van der Waals surface area contributed by atoms with Gasteiger partial charge in [0.15, 0.2) is 0 Å². The van der Waals surface area contributed by atoms with E-state index >= 15 is 0 Å². The molecule has 0 radical (unpaired) electrons. The van der Waals surface area contributed by atoms with E-state index in [4.69, 9.17) is 25.8 Å². The fourth-order valence-electron chi connectivity index (χ4n) is 3.50. The first-order chi connectivity index (χ1) is 12.0. The van der Waals surface area contributed by atoms with E-state index in [1.54, 1.807) is 6.07 Å². The SMILES string of the molecule is CCOCC(=O)N1CCC[C@@]2(C[C@@H](Oc3ccc(F)c(Cl)c3)CO2)C1. The fourth-order valence-corrected chi connectivity index (χ4v) is 3.67. The summed E-state index contributed by atoms with van der Waals surface area (Å²) in [7, 11) is 0. The Balaban J connectivity index is 1.58. The maximum absolute atomic E-state index is 13.2. The van der Waals surface area contributed by atoms with Gasteiger partial charge < -0.3 is 19.1 Å². The van der Waals surface area contributed by atoms with E-state index in [9.17, 15) is 9.18 Å². The van der Waals surface area contributed by atoms with E-state index in [-0.39, 0.29) is 29.2 Å². The summed E-state index contributed by atoms with van der Waals surface area (Å²) >= 11 is 5.79. The number of piperidine rings is 1. The Morgan fingerprint density at radius 3 is 3.12 bits per heavy atom. The molecule has 2 saturated heterocycles.